The van der Waals surface area contributed by atoms with Crippen molar-refractivity contribution in [2.24, 2.45) is 0 Å². The van der Waals surface area contributed by atoms with Crippen LogP contribution in [-0.4, -0.2) is 46.8 Å². The summed E-state index contributed by atoms with van der Waals surface area (Å²) in [6, 6.07) is 8.58. The summed E-state index contributed by atoms with van der Waals surface area (Å²) in [5.41, 5.74) is 0.642. The van der Waals surface area contributed by atoms with E-state index in [1.165, 1.54) is 43.5 Å². The van der Waals surface area contributed by atoms with E-state index in [1.807, 2.05) is 0 Å². The van der Waals surface area contributed by atoms with Gasteiger partial charge in [0.1, 0.15) is 12.3 Å². The molecule has 2 rings (SSSR count). The summed E-state index contributed by atoms with van der Waals surface area (Å²) in [5.74, 6) is -0.818. The Labute approximate surface area is 184 Å². The average Bonchev–Trinajstić information content (AvgIpc) is 2.67. The van der Waals surface area contributed by atoms with E-state index in [2.05, 4.69) is 5.32 Å². The van der Waals surface area contributed by atoms with Crippen molar-refractivity contribution in [3.63, 3.8) is 0 Å². The largest absolute Gasteiger partial charge is 0.495 e. The Kier molecular flexibility index (Phi) is 7.94. The lowest BCUT2D eigenvalue weighted by molar-refractivity contribution is -0.114. The molecule has 0 spiro atoms. The Morgan fingerprint density at radius 3 is 2.33 bits per heavy atom. The second kappa shape index (κ2) is 10.0. The normalized spacial score (nSPS) is 11.0. The first-order chi connectivity index (χ1) is 14.1. The van der Waals surface area contributed by atoms with E-state index in [0.29, 0.717) is 5.75 Å². The van der Waals surface area contributed by atoms with Crippen LogP contribution < -0.4 is 14.4 Å². The molecule has 2 aromatic carbocycles. The highest BCUT2D eigenvalue weighted by Crippen LogP contribution is 2.30. The molecule has 11 heteroatoms. The summed E-state index contributed by atoms with van der Waals surface area (Å²) in [5, 5.41) is 2.83. The second-order valence-electron chi connectivity index (χ2n) is 6.05. The third-order valence-electron chi connectivity index (χ3n) is 3.87. The Morgan fingerprint density at radius 2 is 1.80 bits per heavy atom. The number of benzene rings is 2. The molecule has 0 saturated carbocycles. The van der Waals surface area contributed by atoms with Crippen LogP contribution in [0.4, 0.5) is 11.4 Å². The maximum absolute atomic E-state index is 12.5. The number of esters is 1. The molecule has 1 amide bonds. The summed E-state index contributed by atoms with van der Waals surface area (Å²) < 4.78 is 35.3. The Morgan fingerprint density at radius 1 is 1.10 bits per heavy atom. The van der Waals surface area contributed by atoms with Crippen molar-refractivity contribution in [2.75, 3.05) is 36.1 Å². The molecule has 0 aromatic heterocycles. The van der Waals surface area contributed by atoms with Gasteiger partial charge in [0.15, 0.2) is 0 Å². The molecule has 0 bridgehead atoms. The number of hydrogen-bond acceptors (Lipinski definition) is 6. The van der Waals surface area contributed by atoms with Gasteiger partial charge in [0.2, 0.25) is 15.9 Å². The van der Waals surface area contributed by atoms with E-state index in [9.17, 15) is 18.0 Å². The minimum Gasteiger partial charge on any atom is -0.495 e. The Hall–Kier alpha value is -2.49. The van der Waals surface area contributed by atoms with Gasteiger partial charge < -0.3 is 14.8 Å². The molecule has 0 unspecified atom stereocenters. The number of rotatable bonds is 8. The van der Waals surface area contributed by atoms with E-state index in [4.69, 9.17) is 32.7 Å². The average molecular weight is 475 g/mol. The zero-order chi connectivity index (χ0) is 22.5. The molecule has 8 nitrogen and oxygen atoms in total. The number of carbonyl (C=O) groups is 2. The van der Waals surface area contributed by atoms with Crippen molar-refractivity contribution in [3.05, 3.63) is 52.0 Å². The minimum atomic E-state index is -3.80. The zero-order valence-electron chi connectivity index (χ0n) is 16.4. The number of amides is 1. The summed E-state index contributed by atoms with van der Waals surface area (Å²) >= 11 is 12.2. The summed E-state index contributed by atoms with van der Waals surface area (Å²) in [6.45, 7) is 1.38. The first kappa shape index (κ1) is 23.8. The highest BCUT2D eigenvalue weighted by molar-refractivity contribution is 7.92. The van der Waals surface area contributed by atoms with Crippen molar-refractivity contribution >= 4 is 56.5 Å². The molecule has 30 heavy (non-hydrogen) atoms. The molecule has 0 radical (unpaired) electrons. The highest BCUT2D eigenvalue weighted by atomic mass is 35.5. The maximum Gasteiger partial charge on any atom is 0.338 e. The first-order valence-corrected chi connectivity index (χ1v) is 11.2. The van der Waals surface area contributed by atoms with Crippen LogP contribution in [0.1, 0.15) is 17.3 Å². The molecule has 0 fully saturated rings. The van der Waals surface area contributed by atoms with Gasteiger partial charge in [-0.05, 0) is 43.3 Å². The van der Waals surface area contributed by atoms with E-state index in [0.717, 1.165) is 10.6 Å². The van der Waals surface area contributed by atoms with Gasteiger partial charge in [-0.3, -0.25) is 9.10 Å². The van der Waals surface area contributed by atoms with Gasteiger partial charge in [-0.1, -0.05) is 23.2 Å². The lowest BCUT2D eigenvalue weighted by Gasteiger charge is -2.22. The number of ether oxygens (including phenoxy) is 2. The molecule has 0 aliphatic rings. The molecule has 0 aliphatic heterocycles. The molecular weight excluding hydrogens is 455 g/mol. The SMILES string of the molecule is CCOC(=O)c1ccc(NC(=O)CN(c2ccc(OC)c(Cl)c2)S(C)(=O)=O)c(Cl)c1. The standard InChI is InChI=1S/C19H20Cl2N2O6S/c1-4-29-19(25)12-5-7-16(14(20)9-12)22-18(24)11-23(30(3,26)27)13-6-8-17(28-2)15(21)10-13/h5-10H,4,11H2,1-3H3,(H,22,24). The van der Waals surface area contributed by atoms with Gasteiger partial charge in [0.25, 0.3) is 0 Å². The fourth-order valence-corrected chi connectivity index (χ4v) is 3.82. The molecule has 0 atom stereocenters. The summed E-state index contributed by atoms with van der Waals surface area (Å²) in [6.07, 6.45) is 0.972. The molecule has 0 heterocycles. The van der Waals surface area contributed by atoms with Crippen molar-refractivity contribution in [3.8, 4) is 5.75 Å². The summed E-state index contributed by atoms with van der Waals surface area (Å²) in [7, 11) is -2.37. The molecule has 2 aromatic rings. The van der Waals surface area contributed by atoms with Crippen LogP contribution in [0.25, 0.3) is 0 Å². The predicted octanol–water partition coefficient (Wildman–Crippen LogP) is 3.58. The Bertz CT molecular complexity index is 1060. The minimum absolute atomic E-state index is 0.104. The number of sulfonamides is 1. The van der Waals surface area contributed by atoms with Crippen LogP contribution in [0.3, 0.4) is 0 Å². The maximum atomic E-state index is 12.5. The number of methoxy groups -OCH3 is 1. The van der Waals surface area contributed by atoms with Crippen LogP contribution in [0.2, 0.25) is 10.0 Å². The highest BCUT2D eigenvalue weighted by Gasteiger charge is 2.22. The molecule has 162 valence electrons. The van der Waals surface area contributed by atoms with E-state index >= 15 is 0 Å². The van der Waals surface area contributed by atoms with Gasteiger partial charge in [-0.2, -0.15) is 0 Å². The van der Waals surface area contributed by atoms with Gasteiger partial charge in [-0.15, -0.1) is 0 Å². The van der Waals surface area contributed by atoms with Crippen molar-refractivity contribution in [1.29, 1.82) is 0 Å². The van der Waals surface area contributed by atoms with Crippen LogP contribution >= 0.6 is 23.2 Å². The lowest BCUT2D eigenvalue weighted by Crippen LogP contribution is -2.37. The number of carbonyl (C=O) groups excluding carboxylic acids is 2. The fraction of sp³-hybridized carbons (Fsp3) is 0.263. The number of hydrogen-bond donors (Lipinski definition) is 1. The number of halogens is 2. The number of nitrogens with zero attached hydrogens (tertiary/aromatic N) is 1. The van der Waals surface area contributed by atoms with Crippen LogP contribution in [0.5, 0.6) is 5.75 Å². The zero-order valence-corrected chi connectivity index (χ0v) is 18.8. The molecule has 0 aliphatic carbocycles. The number of anilines is 2. The quantitative estimate of drug-likeness (QED) is 0.586. The molecular formula is C19H20Cl2N2O6S. The van der Waals surface area contributed by atoms with Crippen LogP contribution in [0, 0.1) is 0 Å². The third kappa shape index (κ3) is 6.01. The second-order valence-corrected chi connectivity index (χ2v) is 8.77. The topological polar surface area (TPSA) is 102 Å². The van der Waals surface area contributed by atoms with E-state index < -0.39 is 28.4 Å². The van der Waals surface area contributed by atoms with Gasteiger partial charge in [0, 0.05) is 0 Å². The Balaban J connectivity index is 2.21. The predicted molar refractivity (Wildman–Crippen MR) is 116 cm³/mol. The van der Waals surface area contributed by atoms with Crippen LogP contribution in [0.15, 0.2) is 36.4 Å². The molecule has 0 saturated heterocycles. The van der Waals surface area contributed by atoms with Crippen molar-refractivity contribution < 1.29 is 27.5 Å². The molecule has 1 N–H and O–H groups in total. The van der Waals surface area contributed by atoms with Crippen molar-refractivity contribution in [2.45, 2.75) is 6.92 Å². The first-order valence-electron chi connectivity index (χ1n) is 8.64. The third-order valence-corrected chi connectivity index (χ3v) is 5.61. The van der Waals surface area contributed by atoms with Gasteiger partial charge in [-0.25, -0.2) is 13.2 Å². The van der Waals surface area contributed by atoms with Crippen LogP contribution in [-0.2, 0) is 19.6 Å². The van der Waals surface area contributed by atoms with Gasteiger partial charge >= 0.3 is 5.97 Å². The van der Waals surface area contributed by atoms with E-state index in [1.54, 1.807) is 6.92 Å². The lowest BCUT2D eigenvalue weighted by atomic mass is 10.2. The van der Waals surface area contributed by atoms with E-state index in [-0.39, 0.29) is 33.6 Å². The van der Waals surface area contributed by atoms with Gasteiger partial charge in [0.05, 0.1) is 47.0 Å². The fourth-order valence-electron chi connectivity index (χ4n) is 2.49. The number of nitrogens with one attached hydrogen (secondary N) is 1. The monoisotopic (exact) mass is 474 g/mol. The smallest absolute Gasteiger partial charge is 0.338 e. The van der Waals surface area contributed by atoms with Crippen molar-refractivity contribution in [1.82, 2.24) is 0 Å². The summed E-state index contributed by atoms with van der Waals surface area (Å²) in [4.78, 5) is 24.3.